The molecule has 0 amide bonds. The van der Waals surface area contributed by atoms with E-state index >= 15 is 0 Å². The summed E-state index contributed by atoms with van der Waals surface area (Å²) in [5, 5.41) is 9.84. The molecule has 0 heterocycles. The summed E-state index contributed by atoms with van der Waals surface area (Å²) >= 11 is 0. The minimum atomic E-state index is -0.376. The van der Waals surface area contributed by atoms with E-state index in [9.17, 15) is 9.90 Å². The maximum atomic E-state index is 11.5. The Morgan fingerprint density at radius 3 is 2.59 bits per heavy atom. The van der Waals surface area contributed by atoms with Crippen molar-refractivity contribution in [3.05, 3.63) is 47.5 Å². The molecule has 4 radical (unpaired) electrons. The normalized spacial score (nSPS) is 10.8. The second-order valence-electron chi connectivity index (χ2n) is 4.57. The van der Waals surface area contributed by atoms with Gasteiger partial charge in [-0.15, -0.1) is 0 Å². The Morgan fingerprint density at radius 1 is 1.27 bits per heavy atom. The van der Waals surface area contributed by atoms with Crippen molar-refractivity contribution in [2.24, 2.45) is 4.99 Å². The highest BCUT2D eigenvalue weighted by Gasteiger charge is 2.05. The van der Waals surface area contributed by atoms with Gasteiger partial charge in [0.1, 0.15) is 21.4 Å². The van der Waals surface area contributed by atoms with E-state index in [0.717, 1.165) is 0 Å². The average molecular weight is 289 g/mol. The Labute approximate surface area is 131 Å². The molecule has 0 aliphatic heterocycles. The molecule has 0 aliphatic rings. The summed E-state index contributed by atoms with van der Waals surface area (Å²) in [6, 6.07) is 9.64. The number of ether oxygens (including phenoxy) is 1. The molecule has 0 unspecified atom stereocenters. The minimum Gasteiger partial charge on any atom is -0.508 e. The van der Waals surface area contributed by atoms with Gasteiger partial charge >= 0.3 is 5.97 Å². The molecule has 106 valence electrons. The molecule has 2 aromatic rings. The molecule has 0 aliphatic carbocycles. The summed E-state index contributed by atoms with van der Waals surface area (Å²) in [6.45, 7) is 2.08. The standard InChI is InChI=1S/C16H13B2NO3/c1-2-22-16(21)10-3-5-13(6-4-10)19-9-11-7-12(17)8-14(18)15(11)20/h3-9,20H,2H2,1H3. The number of aliphatic imine (C=N–C) groups is 1. The molecule has 2 rings (SSSR count). The third kappa shape index (κ3) is 3.79. The molecule has 0 fully saturated rings. The Hall–Kier alpha value is -2.49. The second-order valence-corrected chi connectivity index (χ2v) is 4.57. The van der Waals surface area contributed by atoms with Crippen LogP contribution in [0, 0.1) is 0 Å². The zero-order chi connectivity index (χ0) is 16.1. The number of benzene rings is 2. The lowest BCUT2D eigenvalue weighted by atomic mass is 9.85. The van der Waals surface area contributed by atoms with Crippen LogP contribution in [-0.4, -0.2) is 39.6 Å². The fourth-order valence-electron chi connectivity index (χ4n) is 1.84. The van der Waals surface area contributed by atoms with Gasteiger partial charge in [0, 0.05) is 11.8 Å². The van der Waals surface area contributed by atoms with Crippen molar-refractivity contribution in [1.29, 1.82) is 0 Å². The molecule has 2 aromatic carbocycles. The van der Waals surface area contributed by atoms with Gasteiger partial charge in [0.15, 0.2) is 0 Å². The first kappa shape index (κ1) is 15.9. The molecule has 0 saturated carbocycles. The molecule has 0 saturated heterocycles. The topological polar surface area (TPSA) is 58.9 Å². The highest BCUT2D eigenvalue weighted by Crippen LogP contribution is 2.15. The van der Waals surface area contributed by atoms with Crippen molar-refractivity contribution < 1.29 is 14.6 Å². The zero-order valence-electron chi connectivity index (χ0n) is 12.1. The smallest absolute Gasteiger partial charge is 0.338 e. The van der Waals surface area contributed by atoms with E-state index in [1.165, 1.54) is 12.3 Å². The fourth-order valence-corrected chi connectivity index (χ4v) is 1.84. The maximum Gasteiger partial charge on any atom is 0.338 e. The number of aromatic hydroxyl groups is 1. The number of esters is 1. The fraction of sp³-hybridized carbons (Fsp3) is 0.125. The van der Waals surface area contributed by atoms with Crippen LogP contribution < -0.4 is 10.9 Å². The lowest BCUT2D eigenvalue weighted by Gasteiger charge is -2.05. The van der Waals surface area contributed by atoms with Gasteiger partial charge < -0.3 is 9.84 Å². The van der Waals surface area contributed by atoms with E-state index in [-0.39, 0.29) is 17.2 Å². The summed E-state index contributed by atoms with van der Waals surface area (Å²) in [6.07, 6.45) is 1.46. The molecule has 0 spiro atoms. The van der Waals surface area contributed by atoms with E-state index in [4.69, 9.17) is 20.4 Å². The number of hydrogen-bond donors (Lipinski definition) is 1. The summed E-state index contributed by atoms with van der Waals surface area (Å²) < 4.78 is 4.90. The largest absolute Gasteiger partial charge is 0.508 e. The minimum absolute atomic E-state index is 0.0684. The van der Waals surface area contributed by atoms with Gasteiger partial charge in [-0.2, -0.15) is 0 Å². The van der Waals surface area contributed by atoms with Crippen LogP contribution in [-0.2, 0) is 4.74 Å². The summed E-state index contributed by atoms with van der Waals surface area (Å²) in [7, 11) is 11.3. The molecule has 1 N–H and O–H groups in total. The van der Waals surface area contributed by atoms with Gasteiger partial charge in [0.05, 0.1) is 17.9 Å². The third-order valence-corrected chi connectivity index (χ3v) is 2.92. The first-order valence-electron chi connectivity index (χ1n) is 6.70. The first-order valence-corrected chi connectivity index (χ1v) is 6.70. The van der Waals surface area contributed by atoms with Gasteiger partial charge in [-0.1, -0.05) is 23.1 Å². The van der Waals surface area contributed by atoms with E-state index in [1.54, 1.807) is 37.3 Å². The van der Waals surface area contributed by atoms with Crippen LogP contribution in [0.5, 0.6) is 5.75 Å². The molecule has 4 nitrogen and oxygen atoms in total. The van der Waals surface area contributed by atoms with E-state index in [1.807, 2.05) is 0 Å². The van der Waals surface area contributed by atoms with Crippen LogP contribution in [0.1, 0.15) is 22.8 Å². The molecule has 6 heteroatoms. The number of carbonyl (C=O) groups is 1. The predicted molar refractivity (Wildman–Crippen MR) is 88.5 cm³/mol. The van der Waals surface area contributed by atoms with Crippen molar-refractivity contribution in [2.75, 3.05) is 6.61 Å². The van der Waals surface area contributed by atoms with E-state index < -0.39 is 0 Å². The van der Waals surface area contributed by atoms with Crippen molar-refractivity contribution in [2.45, 2.75) is 6.92 Å². The molecular weight excluding hydrogens is 276 g/mol. The van der Waals surface area contributed by atoms with Crippen molar-refractivity contribution in [1.82, 2.24) is 0 Å². The predicted octanol–water partition coefficient (Wildman–Crippen LogP) is 0.907. The summed E-state index contributed by atoms with van der Waals surface area (Å²) in [4.78, 5) is 15.8. The second kappa shape index (κ2) is 6.98. The van der Waals surface area contributed by atoms with E-state index in [2.05, 4.69) is 4.99 Å². The van der Waals surface area contributed by atoms with Crippen molar-refractivity contribution in [3.8, 4) is 5.75 Å². The lowest BCUT2D eigenvalue weighted by Crippen LogP contribution is -2.15. The molecule has 22 heavy (non-hydrogen) atoms. The van der Waals surface area contributed by atoms with Crippen LogP contribution in [0.3, 0.4) is 0 Å². The Kier molecular flexibility index (Phi) is 5.04. The van der Waals surface area contributed by atoms with Crippen LogP contribution in [0.15, 0.2) is 41.4 Å². The van der Waals surface area contributed by atoms with Gasteiger partial charge in [-0.3, -0.25) is 4.99 Å². The Bertz CT molecular complexity index is 712. The third-order valence-electron chi connectivity index (χ3n) is 2.92. The zero-order valence-corrected chi connectivity index (χ0v) is 12.1. The number of carbonyl (C=O) groups excluding carboxylic acids is 1. The molecule has 0 atom stereocenters. The average Bonchev–Trinajstić information content (AvgIpc) is 2.50. The highest BCUT2D eigenvalue weighted by atomic mass is 16.5. The Balaban J connectivity index is 2.19. The first-order chi connectivity index (χ1) is 10.5. The molecular formula is C16H13B2NO3. The molecule has 0 aromatic heterocycles. The summed E-state index contributed by atoms with van der Waals surface area (Å²) in [5.74, 6) is -0.444. The quantitative estimate of drug-likeness (QED) is 0.517. The van der Waals surface area contributed by atoms with Gasteiger partial charge in [-0.05, 0) is 31.2 Å². The Morgan fingerprint density at radius 2 is 1.95 bits per heavy atom. The van der Waals surface area contributed by atoms with Crippen LogP contribution >= 0.6 is 0 Å². The number of phenolic OH excluding ortho intramolecular Hbond substituents is 1. The van der Waals surface area contributed by atoms with Gasteiger partial charge in [0.2, 0.25) is 0 Å². The lowest BCUT2D eigenvalue weighted by molar-refractivity contribution is 0.0526. The van der Waals surface area contributed by atoms with Crippen molar-refractivity contribution >= 4 is 44.5 Å². The van der Waals surface area contributed by atoms with Crippen molar-refractivity contribution in [3.63, 3.8) is 0 Å². The van der Waals surface area contributed by atoms with Gasteiger partial charge in [-0.25, -0.2) is 4.79 Å². The SMILES string of the molecule is [B]c1cc([B])c(O)c(C=Nc2ccc(C(=O)OCC)cc2)c1. The highest BCUT2D eigenvalue weighted by molar-refractivity contribution is 6.39. The number of hydrogen-bond acceptors (Lipinski definition) is 4. The van der Waals surface area contributed by atoms with Crippen LogP contribution in [0.2, 0.25) is 0 Å². The van der Waals surface area contributed by atoms with E-state index in [0.29, 0.717) is 28.9 Å². The monoisotopic (exact) mass is 289 g/mol. The van der Waals surface area contributed by atoms with Crippen LogP contribution in [0.4, 0.5) is 5.69 Å². The maximum absolute atomic E-state index is 11.5. The number of phenols is 1. The summed E-state index contributed by atoms with van der Waals surface area (Å²) in [5.41, 5.74) is 2.13. The number of nitrogens with zero attached hydrogens (tertiary/aromatic N) is 1. The van der Waals surface area contributed by atoms with Crippen LogP contribution in [0.25, 0.3) is 0 Å². The molecule has 0 bridgehead atoms. The van der Waals surface area contributed by atoms with Gasteiger partial charge in [0.25, 0.3) is 0 Å². The number of rotatable bonds is 4.